The highest BCUT2D eigenvalue weighted by molar-refractivity contribution is 5.94. The van der Waals surface area contributed by atoms with Gasteiger partial charge in [0.1, 0.15) is 11.6 Å². The first-order valence-electron chi connectivity index (χ1n) is 6.38. The number of carbonyl (C=O) groups excluding carboxylic acids is 1. The fourth-order valence-electron chi connectivity index (χ4n) is 1.82. The van der Waals surface area contributed by atoms with Crippen LogP contribution in [-0.4, -0.2) is 17.6 Å². The molecule has 0 aliphatic rings. The summed E-state index contributed by atoms with van der Waals surface area (Å²) in [5.74, 6) is -0.452. The van der Waals surface area contributed by atoms with Crippen LogP contribution in [0.25, 0.3) is 0 Å². The number of aryl methyl sites for hydroxylation is 1. The number of phenolic OH excluding ortho intramolecular Hbond substituents is 1. The molecule has 0 spiro atoms. The van der Waals surface area contributed by atoms with Gasteiger partial charge in [0.05, 0.1) is 0 Å². The molecule has 0 bridgehead atoms. The van der Waals surface area contributed by atoms with Crippen LogP contribution in [0, 0.1) is 12.7 Å². The van der Waals surface area contributed by atoms with Crippen LogP contribution in [0.4, 0.5) is 4.39 Å². The van der Waals surface area contributed by atoms with Gasteiger partial charge < -0.3 is 10.4 Å². The molecular formula is C16H16FNO2. The second-order valence-electron chi connectivity index (χ2n) is 4.64. The number of hydrogen-bond acceptors (Lipinski definition) is 2. The van der Waals surface area contributed by atoms with E-state index in [9.17, 15) is 9.18 Å². The van der Waals surface area contributed by atoms with E-state index < -0.39 is 0 Å². The van der Waals surface area contributed by atoms with E-state index in [1.807, 2.05) is 0 Å². The molecule has 0 heterocycles. The van der Waals surface area contributed by atoms with E-state index >= 15 is 0 Å². The summed E-state index contributed by atoms with van der Waals surface area (Å²) in [6.45, 7) is 2.11. The standard InChI is InChI=1S/C16H16FNO2/c1-11-2-5-13(10-15(11)17)16(20)18-9-8-12-3-6-14(19)7-4-12/h2-7,10,19H,8-9H2,1H3,(H,18,20). The summed E-state index contributed by atoms with van der Waals surface area (Å²) in [5.41, 5.74) is 1.85. The molecule has 4 heteroatoms. The van der Waals surface area contributed by atoms with Crippen LogP contribution in [0.2, 0.25) is 0 Å². The van der Waals surface area contributed by atoms with E-state index in [-0.39, 0.29) is 17.5 Å². The maximum atomic E-state index is 13.4. The van der Waals surface area contributed by atoms with Crippen molar-refractivity contribution >= 4 is 5.91 Å². The lowest BCUT2D eigenvalue weighted by molar-refractivity contribution is 0.0953. The molecule has 2 rings (SSSR count). The fourth-order valence-corrected chi connectivity index (χ4v) is 1.82. The van der Waals surface area contributed by atoms with Crippen molar-refractivity contribution in [2.24, 2.45) is 0 Å². The molecule has 0 radical (unpaired) electrons. The first-order valence-corrected chi connectivity index (χ1v) is 6.38. The highest BCUT2D eigenvalue weighted by atomic mass is 19.1. The van der Waals surface area contributed by atoms with E-state index in [2.05, 4.69) is 5.32 Å². The number of amides is 1. The van der Waals surface area contributed by atoms with Gasteiger partial charge in [-0.1, -0.05) is 18.2 Å². The molecule has 3 nitrogen and oxygen atoms in total. The van der Waals surface area contributed by atoms with Gasteiger partial charge >= 0.3 is 0 Å². The van der Waals surface area contributed by atoms with Gasteiger partial charge in [-0.2, -0.15) is 0 Å². The Balaban J connectivity index is 1.88. The Bertz CT molecular complexity index is 608. The van der Waals surface area contributed by atoms with Gasteiger partial charge in [-0.05, 0) is 48.7 Å². The Morgan fingerprint density at radius 2 is 1.90 bits per heavy atom. The van der Waals surface area contributed by atoms with E-state index in [0.29, 0.717) is 24.1 Å². The molecule has 0 unspecified atom stereocenters. The fraction of sp³-hybridized carbons (Fsp3) is 0.188. The monoisotopic (exact) mass is 273 g/mol. The number of hydrogen-bond donors (Lipinski definition) is 2. The summed E-state index contributed by atoms with van der Waals surface area (Å²) in [7, 11) is 0. The van der Waals surface area contributed by atoms with Crippen molar-refractivity contribution in [3.63, 3.8) is 0 Å². The zero-order valence-corrected chi connectivity index (χ0v) is 11.2. The number of benzene rings is 2. The predicted molar refractivity (Wildman–Crippen MR) is 75.3 cm³/mol. The molecule has 0 fully saturated rings. The normalized spacial score (nSPS) is 10.3. The molecule has 1 amide bonds. The second kappa shape index (κ2) is 6.19. The van der Waals surface area contributed by atoms with Gasteiger partial charge in [0, 0.05) is 12.1 Å². The lowest BCUT2D eigenvalue weighted by Gasteiger charge is -2.06. The molecule has 20 heavy (non-hydrogen) atoms. The van der Waals surface area contributed by atoms with Crippen LogP contribution in [0.15, 0.2) is 42.5 Å². The van der Waals surface area contributed by atoms with Crippen LogP contribution in [0.5, 0.6) is 5.75 Å². The first-order chi connectivity index (χ1) is 9.56. The average molecular weight is 273 g/mol. The van der Waals surface area contributed by atoms with Crippen molar-refractivity contribution in [2.45, 2.75) is 13.3 Å². The quantitative estimate of drug-likeness (QED) is 0.900. The van der Waals surface area contributed by atoms with Crippen molar-refractivity contribution in [3.05, 3.63) is 65.0 Å². The Kier molecular flexibility index (Phi) is 4.35. The molecule has 2 aromatic rings. The molecule has 0 aromatic heterocycles. The number of carbonyl (C=O) groups is 1. The van der Waals surface area contributed by atoms with Crippen LogP contribution in [0.3, 0.4) is 0 Å². The summed E-state index contributed by atoms with van der Waals surface area (Å²) in [6, 6.07) is 11.2. The zero-order valence-electron chi connectivity index (χ0n) is 11.2. The van der Waals surface area contributed by atoms with Crippen LogP contribution < -0.4 is 5.32 Å². The summed E-state index contributed by atoms with van der Waals surface area (Å²) in [5, 5.41) is 11.9. The number of halogens is 1. The highest BCUT2D eigenvalue weighted by Crippen LogP contribution is 2.10. The smallest absolute Gasteiger partial charge is 0.251 e. The van der Waals surface area contributed by atoms with Crippen molar-refractivity contribution in [3.8, 4) is 5.75 Å². The minimum absolute atomic E-state index is 0.216. The van der Waals surface area contributed by atoms with Crippen LogP contribution >= 0.6 is 0 Å². The topological polar surface area (TPSA) is 49.3 Å². The molecule has 104 valence electrons. The number of aromatic hydroxyl groups is 1. The van der Waals surface area contributed by atoms with Crippen LogP contribution in [0.1, 0.15) is 21.5 Å². The summed E-state index contributed by atoms with van der Waals surface area (Å²) >= 11 is 0. The SMILES string of the molecule is Cc1ccc(C(=O)NCCc2ccc(O)cc2)cc1F. The third-order valence-corrected chi connectivity index (χ3v) is 3.07. The first kappa shape index (κ1) is 14.1. The van der Waals surface area contributed by atoms with E-state index in [1.165, 1.54) is 6.07 Å². The minimum atomic E-state index is -0.379. The van der Waals surface area contributed by atoms with Crippen molar-refractivity contribution in [2.75, 3.05) is 6.54 Å². The van der Waals surface area contributed by atoms with E-state index in [4.69, 9.17) is 5.11 Å². The summed E-state index contributed by atoms with van der Waals surface area (Å²) < 4.78 is 13.4. The molecule has 0 saturated carbocycles. The van der Waals surface area contributed by atoms with Gasteiger partial charge in [-0.3, -0.25) is 4.79 Å². The predicted octanol–water partition coefficient (Wildman–Crippen LogP) is 2.81. The van der Waals surface area contributed by atoms with Gasteiger partial charge in [0.2, 0.25) is 0 Å². The maximum Gasteiger partial charge on any atom is 0.251 e. The molecule has 0 aliphatic heterocycles. The van der Waals surface area contributed by atoms with Gasteiger partial charge in [0.15, 0.2) is 0 Å². The second-order valence-corrected chi connectivity index (χ2v) is 4.64. The maximum absolute atomic E-state index is 13.4. The molecule has 0 saturated heterocycles. The van der Waals surface area contributed by atoms with Gasteiger partial charge in [-0.25, -0.2) is 4.39 Å². The number of rotatable bonds is 4. The van der Waals surface area contributed by atoms with Crippen LogP contribution in [-0.2, 0) is 6.42 Å². The van der Waals surface area contributed by atoms with Gasteiger partial charge in [-0.15, -0.1) is 0 Å². The molecular weight excluding hydrogens is 257 g/mol. The van der Waals surface area contributed by atoms with E-state index in [1.54, 1.807) is 43.3 Å². The molecule has 2 aromatic carbocycles. The average Bonchev–Trinajstić information content (AvgIpc) is 2.44. The Morgan fingerprint density at radius 3 is 2.55 bits per heavy atom. The van der Waals surface area contributed by atoms with Crippen molar-refractivity contribution < 1.29 is 14.3 Å². The minimum Gasteiger partial charge on any atom is -0.508 e. The lowest BCUT2D eigenvalue weighted by Crippen LogP contribution is -2.25. The largest absolute Gasteiger partial charge is 0.508 e. The molecule has 2 N–H and O–H groups in total. The van der Waals surface area contributed by atoms with Crippen molar-refractivity contribution in [1.29, 1.82) is 0 Å². The molecule has 0 aliphatic carbocycles. The van der Waals surface area contributed by atoms with Crippen molar-refractivity contribution in [1.82, 2.24) is 5.32 Å². The summed E-state index contributed by atoms with van der Waals surface area (Å²) in [6.07, 6.45) is 0.653. The third kappa shape index (κ3) is 3.57. The number of nitrogens with one attached hydrogen (secondary N) is 1. The Labute approximate surface area is 117 Å². The highest BCUT2D eigenvalue weighted by Gasteiger charge is 2.07. The molecule has 0 atom stereocenters. The number of phenols is 1. The zero-order chi connectivity index (χ0) is 14.5. The Morgan fingerprint density at radius 1 is 1.20 bits per heavy atom. The Hall–Kier alpha value is -2.36. The third-order valence-electron chi connectivity index (χ3n) is 3.07. The lowest BCUT2D eigenvalue weighted by atomic mass is 10.1. The van der Waals surface area contributed by atoms with Gasteiger partial charge in [0.25, 0.3) is 5.91 Å². The van der Waals surface area contributed by atoms with E-state index in [0.717, 1.165) is 5.56 Å². The summed E-state index contributed by atoms with van der Waals surface area (Å²) in [4.78, 5) is 11.8.